The minimum Gasteiger partial charge on any atom is -0.448 e. The zero-order valence-electron chi connectivity index (χ0n) is 10.8. The fourth-order valence-electron chi connectivity index (χ4n) is 1.71. The molecule has 0 amide bonds. The molecule has 6 heteroatoms. The van der Waals surface area contributed by atoms with Crippen LogP contribution >= 0.6 is 17.8 Å². The number of cyclic esters (lactones) is 2. The molecule has 0 N–H and O–H groups in total. The molecule has 0 aromatic heterocycles. The third-order valence-electron chi connectivity index (χ3n) is 2.72. The van der Waals surface area contributed by atoms with Crippen LogP contribution in [0.2, 0.25) is 0 Å². The number of hydrogen-bond acceptors (Lipinski definition) is 4. The molecule has 1 fully saturated rings. The van der Waals surface area contributed by atoms with Crippen LogP contribution in [-0.4, -0.2) is 42.6 Å². The summed E-state index contributed by atoms with van der Waals surface area (Å²) < 4.78 is 10.3. The van der Waals surface area contributed by atoms with E-state index in [1.54, 1.807) is 0 Å². The van der Waals surface area contributed by atoms with Crippen molar-refractivity contribution in [1.29, 1.82) is 0 Å². The highest BCUT2D eigenvalue weighted by molar-refractivity contribution is 7.38. The molecule has 4 unspecified atom stereocenters. The van der Waals surface area contributed by atoms with E-state index >= 15 is 0 Å². The number of carbonyl (C=O) groups excluding carboxylic acids is 2. The SMILES string of the molecule is CCCPCC1OC(=O)C(CCCCP)OC1=O. The van der Waals surface area contributed by atoms with E-state index in [9.17, 15) is 9.59 Å². The largest absolute Gasteiger partial charge is 0.448 e. The van der Waals surface area contributed by atoms with E-state index in [0.717, 1.165) is 31.6 Å². The molecule has 104 valence electrons. The van der Waals surface area contributed by atoms with Crippen LogP contribution in [0.1, 0.15) is 32.6 Å². The number of hydrogen-bond donors (Lipinski definition) is 0. The zero-order valence-corrected chi connectivity index (χ0v) is 13.0. The highest BCUT2D eigenvalue weighted by Gasteiger charge is 2.37. The normalized spacial score (nSPS) is 24.3. The third kappa shape index (κ3) is 5.20. The van der Waals surface area contributed by atoms with Gasteiger partial charge in [-0.15, -0.1) is 17.8 Å². The van der Waals surface area contributed by atoms with Gasteiger partial charge in [-0.25, -0.2) is 9.59 Å². The average Bonchev–Trinajstić information content (AvgIpc) is 2.35. The number of ether oxygens (including phenoxy) is 2. The van der Waals surface area contributed by atoms with Crippen molar-refractivity contribution < 1.29 is 19.1 Å². The summed E-state index contributed by atoms with van der Waals surface area (Å²) in [5, 5.41) is 0. The van der Waals surface area contributed by atoms with Crippen molar-refractivity contribution in [1.82, 2.24) is 0 Å². The first-order valence-electron chi connectivity index (χ1n) is 6.50. The second-order valence-electron chi connectivity index (χ2n) is 4.34. The van der Waals surface area contributed by atoms with E-state index in [4.69, 9.17) is 9.47 Å². The second-order valence-corrected chi connectivity index (χ2v) is 6.33. The maximum atomic E-state index is 11.7. The van der Waals surface area contributed by atoms with Gasteiger partial charge in [0.05, 0.1) is 0 Å². The molecule has 0 spiro atoms. The first-order chi connectivity index (χ1) is 8.69. The molecule has 0 aromatic carbocycles. The van der Waals surface area contributed by atoms with Crippen LogP contribution in [-0.2, 0) is 19.1 Å². The summed E-state index contributed by atoms with van der Waals surface area (Å²) in [5.41, 5.74) is 0. The Kier molecular flexibility index (Phi) is 7.77. The van der Waals surface area contributed by atoms with Gasteiger partial charge in [-0.2, -0.15) is 0 Å². The third-order valence-corrected chi connectivity index (χ3v) is 4.64. The second kappa shape index (κ2) is 8.82. The van der Waals surface area contributed by atoms with Crippen LogP contribution in [0, 0.1) is 0 Å². The molecular weight excluding hydrogens is 270 g/mol. The van der Waals surface area contributed by atoms with Crippen LogP contribution in [0.5, 0.6) is 0 Å². The van der Waals surface area contributed by atoms with Gasteiger partial charge in [0.2, 0.25) is 6.10 Å². The van der Waals surface area contributed by atoms with Gasteiger partial charge < -0.3 is 9.47 Å². The highest BCUT2D eigenvalue weighted by Crippen LogP contribution is 2.21. The lowest BCUT2D eigenvalue weighted by Crippen LogP contribution is -2.45. The molecule has 0 aliphatic carbocycles. The van der Waals surface area contributed by atoms with Crippen LogP contribution in [0.15, 0.2) is 0 Å². The topological polar surface area (TPSA) is 52.6 Å². The highest BCUT2D eigenvalue weighted by atomic mass is 31.1. The molecule has 0 saturated carbocycles. The quantitative estimate of drug-likeness (QED) is 0.390. The lowest BCUT2D eigenvalue weighted by Gasteiger charge is -2.27. The number of carbonyl (C=O) groups is 2. The van der Waals surface area contributed by atoms with E-state index in [-0.39, 0.29) is 11.9 Å². The Hall–Kier alpha value is -0.200. The summed E-state index contributed by atoms with van der Waals surface area (Å²) in [4.78, 5) is 23.4. The van der Waals surface area contributed by atoms with Crippen molar-refractivity contribution in [3.05, 3.63) is 0 Å². The molecule has 1 aliphatic rings. The molecule has 1 aliphatic heterocycles. The molecule has 18 heavy (non-hydrogen) atoms. The molecule has 1 rings (SSSR count). The van der Waals surface area contributed by atoms with Gasteiger partial charge in [0, 0.05) is 6.16 Å². The standard InChI is InChI=1S/C12H22O4P2/c1-2-7-18-8-10-12(14)15-9(11(13)16-10)5-3-4-6-17/h9-10,18H,2-8,17H2,1H3. The minimum atomic E-state index is -0.681. The number of unbranched alkanes of at least 4 members (excludes halogenated alkanes) is 1. The molecular formula is C12H22O4P2. The Morgan fingerprint density at radius 2 is 1.83 bits per heavy atom. The Bertz CT molecular complexity index is 255. The van der Waals surface area contributed by atoms with Gasteiger partial charge in [-0.05, 0) is 31.6 Å². The first-order valence-corrected chi connectivity index (χ1v) is 8.73. The van der Waals surface area contributed by atoms with Crippen molar-refractivity contribution in [2.24, 2.45) is 0 Å². The van der Waals surface area contributed by atoms with E-state index in [0.29, 0.717) is 21.2 Å². The molecule has 0 radical (unpaired) electrons. The lowest BCUT2D eigenvalue weighted by molar-refractivity contribution is -0.193. The van der Waals surface area contributed by atoms with Gasteiger partial charge in [-0.3, -0.25) is 0 Å². The Morgan fingerprint density at radius 3 is 2.50 bits per heavy atom. The van der Waals surface area contributed by atoms with Gasteiger partial charge in [-0.1, -0.05) is 13.3 Å². The summed E-state index contributed by atoms with van der Waals surface area (Å²) in [5.74, 6) is -0.737. The van der Waals surface area contributed by atoms with Crippen LogP contribution in [0.25, 0.3) is 0 Å². The van der Waals surface area contributed by atoms with Gasteiger partial charge in [0.25, 0.3) is 0 Å². The average molecular weight is 292 g/mol. The van der Waals surface area contributed by atoms with Crippen molar-refractivity contribution >= 4 is 29.8 Å². The van der Waals surface area contributed by atoms with Crippen LogP contribution in [0.4, 0.5) is 0 Å². The van der Waals surface area contributed by atoms with E-state index in [1.165, 1.54) is 0 Å². The summed E-state index contributed by atoms with van der Waals surface area (Å²) in [6.07, 6.45) is 4.87. The molecule has 4 nitrogen and oxygen atoms in total. The van der Waals surface area contributed by atoms with Crippen molar-refractivity contribution in [3.63, 3.8) is 0 Å². The summed E-state index contributed by atoms with van der Waals surface area (Å²) in [6.45, 7) is 2.10. The predicted molar refractivity (Wildman–Crippen MR) is 76.5 cm³/mol. The van der Waals surface area contributed by atoms with E-state index in [2.05, 4.69) is 16.2 Å². The fourth-order valence-corrected chi connectivity index (χ4v) is 3.07. The zero-order chi connectivity index (χ0) is 13.4. The summed E-state index contributed by atoms with van der Waals surface area (Å²) in [7, 11) is 3.29. The van der Waals surface area contributed by atoms with Crippen LogP contribution < -0.4 is 0 Å². The van der Waals surface area contributed by atoms with Crippen molar-refractivity contribution in [3.8, 4) is 0 Å². The Morgan fingerprint density at radius 1 is 1.17 bits per heavy atom. The van der Waals surface area contributed by atoms with Gasteiger partial charge >= 0.3 is 11.9 Å². The number of esters is 2. The van der Waals surface area contributed by atoms with Crippen molar-refractivity contribution in [2.45, 2.75) is 44.8 Å². The van der Waals surface area contributed by atoms with Crippen molar-refractivity contribution in [2.75, 3.05) is 18.5 Å². The lowest BCUT2D eigenvalue weighted by atomic mass is 10.1. The smallest absolute Gasteiger partial charge is 0.348 e. The van der Waals surface area contributed by atoms with E-state index < -0.39 is 12.2 Å². The molecule has 1 saturated heterocycles. The maximum absolute atomic E-state index is 11.7. The van der Waals surface area contributed by atoms with Gasteiger partial charge in [0.1, 0.15) is 0 Å². The van der Waals surface area contributed by atoms with E-state index in [1.807, 2.05) is 0 Å². The molecule has 1 heterocycles. The Balaban J connectivity index is 2.34. The molecule has 0 bridgehead atoms. The monoisotopic (exact) mass is 292 g/mol. The maximum Gasteiger partial charge on any atom is 0.348 e. The minimum absolute atomic E-state index is 0.367. The summed E-state index contributed by atoms with van der Waals surface area (Å²) in [6, 6.07) is 0. The molecule has 0 aromatic rings. The number of rotatable bonds is 8. The summed E-state index contributed by atoms with van der Waals surface area (Å²) >= 11 is 0. The predicted octanol–water partition coefficient (Wildman–Crippen LogP) is 1.96. The van der Waals surface area contributed by atoms with Gasteiger partial charge in [0.15, 0.2) is 6.10 Å². The first kappa shape index (κ1) is 15.9. The molecule has 4 atom stereocenters. The Labute approximate surface area is 113 Å². The fraction of sp³-hybridized carbons (Fsp3) is 0.833. The van der Waals surface area contributed by atoms with Crippen LogP contribution in [0.3, 0.4) is 0 Å².